The number of hydrogen-bond donors (Lipinski definition) is 0. The zero-order valence-corrected chi connectivity index (χ0v) is 16.2. The minimum Gasteiger partial charge on any atom is -0.461 e. The van der Waals surface area contributed by atoms with E-state index in [1.54, 1.807) is 12.3 Å². The van der Waals surface area contributed by atoms with Crippen LogP contribution in [0, 0.1) is 0 Å². The second-order valence-electron chi connectivity index (χ2n) is 5.99. The maximum absolute atomic E-state index is 11.8. The van der Waals surface area contributed by atoms with E-state index in [4.69, 9.17) is 9.73 Å². The predicted molar refractivity (Wildman–Crippen MR) is 106 cm³/mol. The summed E-state index contributed by atoms with van der Waals surface area (Å²) < 4.78 is 5.01. The molecule has 1 aromatic heterocycles. The summed E-state index contributed by atoms with van der Waals surface area (Å²) in [5.74, 6) is 1.72. The number of esters is 1. The molecule has 2 aliphatic rings. The van der Waals surface area contributed by atoms with Crippen molar-refractivity contribution in [3.05, 3.63) is 35.3 Å². The fourth-order valence-electron chi connectivity index (χ4n) is 3.01. The van der Waals surface area contributed by atoms with Crippen LogP contribution in [-0.4, -0.2) is 60.2 Å². The van der Waals surface area contributed by atoms with Crippen molar-refractivity contribution in [3.63, 3.8) is 0 Å². The third kappa shape index (κ3) is 3.57. The van der Waals surface area contributed by atoms with Crippen LogP contribution in [0.25, 0.3) is 0 Å². The molecule has 2 aromatic rings. The fourth-order valence-corrected chi connectivity index (χ4v) is 4.83. The van der Waals surface area contributed by atoms with Crippen LogP contribution in [0.2, 0.25) is 0 Å². The van der Waals surface area contributed by atoms with Gasteiger partial charge in [0.15, 0.2) is 10.8 Å². The normalized spacial score (nSPS) is 16.9. The highest BCUT2D eigenvalue weighted by Gasteiger charge is 2.24. The summed E-state index contributed by atoms with van der Waals surface area (Å²) in [5.41, 5.74) is 1.47. The minimum absolute atomic E-state index is 0.346. The lowest BCUT2D eigenvalue weighted by Gasteiger charge is -2.37. The predicted octanol–water partition coefficient (Wildman–Crippen LogP) is 3.28. The average Bonchev–Trinajstić information content (AvgIpc) is 3.18. The molecule has 0 saturated carbocycles. The lowest BCUT2D eigenvalue weighted by Crippen LogP contribution is -2.49. The molecule has 0 aliphatic carbocycles. The minimum atomic E-state index is -0.346. The van der Waals surface area contributed by atoms with Gasteiger partial charge >= 0.3 is 5.97 Å². The quantitative estimate of drug-likeness (QED) is 0.752. The van der Waals surface area contributed by atoms with E-state index in [0.29, 0.717) is 12.3 Å². The number of rotatable bonds is 3. The van der Waals surface area contributed by atoms with Gasteiger partial charge in [-0.15, -0.1) is 23.1 Å². The molecule has 1 saturated heterocycles. The number of thiazole rings is 1. The standard InChI is InChI=1S/C18H20N4O2S2/c1-2-24-17(23)14-11-26-18(20-14)22-9-7-21(8-10-22)16-12-25-15-6-4-3-5-13(15)19-16/h3-6,11H,2,7-10,12H2,1H3. The Balaban J connectivity index is 1.39. The van der Waals surface area contributed by atoms with Crippen molar-refractivity contribution in [1.29, 1.82) is 0 Å². The Morgan fingerprint density at radius 2 is 1.96 bits per heavy atom. The van der Waals surface area contributed by atoms with Gasteiger partial charge in [0, 0.05) is 36.5 Å². The van der Waals surface area contributed by atoms with E-state index in [2.05, 4.69) is 33.0 Å². The number of anilines is 1. The van der Waals surface area contributed by atoms with E-state index in [9.17, 15) is 4.79 Å². The molecule has 0 N–H and O–H groups in total. The summed E-state index contributed by atoms with van der Waals surface area (Å²) >= 11 is 3.35. The van der Waals surface area contributed by atoms with Crippen molar-refractivity contribution < 1.29 is 9.53 Å². The van der Waals surface area contributed by atoms with Crippen molar-refractivity contribution in [2.75, 3.05) is 43.4 Å². The van der Waals surface area contributed by atoms with Gasteiger partial charge in [-0.1, -0.05) is 12.1 Å². The number of ether oxygens (including phenoxy) is 1. The first-order valence-electron chi connectivity index (χ1n) is 8.66. The van der Waals surface area contributed by atoms with Crippen LogP contribution >= 0.6 is 23.1 Å². The summed E-state index contributed by atoms with van der Waals surface area (Å²) in [7, 11) is 0. The first-order valence-corrected chi connectivity index (χ1v) is 10.5. The molecule has 0 atom stereocenters. The summed E-state index contributed by atoms with van der Waals surface area (Å²) in [6, 6.07) is 8.29. The van der Waals surface area contributed by atoms with Gasteiger partial charge in [-0.3, -0.25) is 0 Å². The number of aliphatic imine (C=N–C) groups is 1. The monoisotopic (exact) mass is 388 g/mol. The molecule has 1 fully saturated rings. The first kappa shape index (κ1) is 17.4. The summed E-state index contributed by atoms with van der Waals surface area (Å²) in [6.45, 7) is 5.75. The van der Waals surface area contributed by atoms with Crippen molar-refractivity contribution >= 4 is 45.7 Å². The Morgan fingerprint density at radius 1 is 1.19 bits per heavy atom. The molecule has 0 unspecified atom stereocenters. The maximum atomic E-state index is 11.8. The Morgan fingerprint density at radius 3 is 2.77 bits per heavy atom. The van der Waals surface area contributed by atoms with Crippen LogP contribution in [0.3, 0.4) is 0 Å². The largest absolute Gasteiger partial charge is 0.461 e. The third-order valence-corrected chi connectivity index (χ3v) is 6.32. The van der Waals surface area contributed by atoms with Gasteiger partial charge in [-0.05, 0) is 19.1 Å². The van der Waals surface area contributed by atoms with Crippen LogP contribution in [0.5, 0.6) is 0 Å². The molecular weight excluding hydrogens is 368 g/mol. The second kappa shape index (κ2) is 7.67. The third-order valence-electron chi connectivity index (χ3n) is 4.36. The van der Waals surface area contributed by atoms with Gasteiger partial charge in [0.2, 0.25) is 0 Å². The average molecular weight is 389 g/mol. The van der Waals surface area contributed by atoms with E-state index in [0.717, 1.165) is 48.6 Å². The number of aromatic nitrogens is 1. The molecule has 26 heavy (non-hydrogen) atoms. The van der Waals surface area contributed by atoms with E-state index < -0.39 is 0 Å². The van der Waals surface area contributed by atoms with E-state index in [1.807, 2.05) is 17.8 Å². The molecule has 0 spiro atoms. The summed E-state index contributed by atoms with van der Waals surface area (Å²) in [4.78, 5) is 26.9. The highest BCUT2D eigenvalue weighted by molar-refractivity contribution is 8.00. The summed E-state index contributed by atoms with van der Waals surface area (Å²) in [5, 5.41) is 2.66. The topological polar surface area (TPSA) is 58.0 Å². The van der Waals surface area contributed by atoms with Crippen molar-refractivity contribution in [2.24, 2.45) is 4.99 Å². The lowest BCUT2D eigenvalue weighted by atomic mass is 10.3. The van der Waals surface area contributed by atoms with Gasteiger partial charge < -0.3 is 14.5 Å². The van der Waals surface area contributed by atoms with Crippen LogP contribution in [0.4, 0.5) is 10.8 Å². The Hall–Kier alpha value is -2.06. The smallest absolute Gasteiger partial charge is 0.357 e. The summed E-state index contributed by atoms with van der Waals surface area (Å²) in [6.07, 6.45) is 0. The van der Waals surface area contributed by atoms with E-state index in [1.165, 1.54) is 16.2 Å². The van der Waals surface area contributed by atoms with Gasteiger partial charge in [-0.25, -0.2) is 14.8 Å². The number of piperazine rings is 1. The molecule has 0 amide bonds. The number of carbonyl (C=O) groups is 1. The first-order chi connectivity index (χ1) is 12.7. The number of carbonyl (C=O) groups excluding carboxylic acids is 1. The van der Waals surface area contributed by atoms with Gasteiger partial charge in [0.05, 0.1) is 18.0 Å². The van der Waals surface area contributed by atoms with Crippen LogP contribution in [0.1, 0.15) is 17.4 Å². The van der Waals surface area contributed by atoms with Gasteiger partial charge in [0.1, 0.15) is 5.84 Å². The molecule has 3 heterocycles. The van der Waals surface area contributed by atoms with Crippen molar-refractivity contribution in [2.45, 2.75) is 11.8 Å². The molecule has 0 bridgehead atoms. The highest BCUT2D eigenvalue weighted by atomic mass is 32.2. The van der Waals surface area contributed by atoms with Gasteiger partial charge in [0.25, 0.3) is 0 Å². The molecule has 0 radical (unpaired) electrons. The molecule has 6 nitrogen and oxygen atoms in total. The molecule has 8 heteroatoms. The highest BCUT2D eigenvalue weighted by Crippen LogP contribution is 2.34. The molecule has 2 aliphatic heterocycles. The van der Waals surface area contributed by atoms with Crippen molar-refractivity contribution in [3.8, 4) is 0 Å². The molecule has 4 rings (SSSR count). The Labute approximate surface area is 160 Å². The second-order valence-corrected chi connectivity index (χ2v) is 7.85. The number of fused-ring (bicyclic) bond motifs is 1. The number of hydrogen-bond acceptors (Lipinski definition) is 8. The number of benzene rings is 1. The van der Waals surface area contributed by atoms with E-state index >= 15 is 0 Å². The zero-order valence-electron chi connectivity index (χ0n) is 14.6. The zero-order chi connectivity index (χ0) is 17.9. The SMILES string of the molecule is CCOC(=O)c1csc(N2CCN(C3=Nc4ccccc4SC3)CC2)n1. The number of nitrogens with zero attached hydrogens (tertiary/aromatic N) is 4. The number of para-hydroxylation sites is 1. The number of amidine groups is 1. The van der Waals surface area contributed by atoms with Crippen LogP contribution in [0.15, 0.2) is 39.5 Å². The van der Waals surface area contributed by atoms with Crippen LogP contribution in [-0.2, 0) is 4.74 Å². The molecule has 136 valence electrons. The Bertz CT molecular complexity index is 828. The molecule has 1 aromatic carbocycles. The van der Waals surface area contributed by atoms with Crippen molar-refractivity contribution in [1.82, 2.24) is 9.88 Å². The fraction of sp³-hybridized carbons (Fsp3) is 0.389. The van der Waals surface area contributed by atoms with E-state index in [-0.39, 0.29) is 5.97 Å². The number of thioether (sulfide) groups is 1. The van der Waals surface area contributed by atoms with Gasteiger partial charge in [-0.2, -0.15) is 0 Å². The van der Waals surface area contributed by atoms with Crippen LogP contribution < -0.4 is 4.90 Å². The molecular formula is C18H20N4O2S2. The Kier molecular flexibility index (Phi) is 5.12. The maximum Gasteiger partial charge on any atom is 0.357 e. The lowest BCUT2D eigenvalue weighted by molar-refractivity contribution is 0.0520.